The molecule has 0 spiro atoms. The monoisotopic (exact) mass is 584 g/mol. The third-order valence-electron chi connectivity index (χ3n) is 6.89. The van der Waals surface area contributed by atoms with E-state index in [2.05, 4.69) is 24.9 Å². The van der Waals surface area contributed by atoms with Crippen LogP contribution in [-0.4, -0.2) is 35.1 Å². The van der Waals surface area contributed by atoms with Crippen LogP contribution in [0, 0.1) is 0 Å². The first-order valence-corrected chi connectivity index (χ1v) is 15.8. The van der Waals surface area contributed by atoms with Crippen LogP contribution in [0.3, 0.4) is 0 Å². The van der Waals surface area contributed by atoms with Gasteiger partial charge in [0.15, 0.2) is 5.13 Å². The summed E-state index contributed by atoms with van der Waals surface area (Å²) in [6.45, 7) is 6.95. The lowest BCUT2D eigenvalue weighted by Gasteiger charge is -2.22. The smallest absolute Gasteiger partial charge is 0.260 e. The molecule has 0 aliphatic rings. The number of aromatic nitrogens is 2. The number of benzene rings is 3. The minimum Gasteiger partial charge on any atom is -0.279 e. The van der Waals surface area contributed by atoms with Gasteiger partial charge in [-0.05, 0) is 59.0 Å². The normalized spacial score (nSPS) is 11.8. The quantitative estimate of drug-likeness (QED) is 0.179. The van der Waals surface area contributed by atoms with E-state index in [1.54, 1.807) is 29.4 Å². The van der Waals surface area contributed by atoms with Gasteiger partial charge in [-0.25, -0.2) is 13.4 Å². The highest BCUT2D eigenvalue weighted by Crippen LogP contribution is 2.35. The van der Waals surface area contributed by atoms with Crippen LogP contribution in [0.2, 0.25) is 0 Å². The van der Waals surface area contributed by atoms with Gasteiger partial charge in [0.2, 0.25) is 10.0 Å². The number of thiazole rings is 1. The van der Waals surface area contributed by atoms with Crippen molar-refractivity contribution in [3.8, 4) is 0 Å². The average Bonchev–Trinajstić information content (AvgIpc) is 3.43. The first-order chi connectivity index (χ1) is 19.8. The molecule has 0 N–H and O–H groups in total. The van der Waals surface area contributed by atoms with Crippen LogP contribution in [0.4, 0.5) is 5.13 Å². The van der Waals surface area contributed by atoms with Crippen molar-refractivity contribution >= 4 is 42.6 Å². The van der Waals surface area contributed by atoms with E-state index in [1.165, 1.54) is 27.8 Å². The Morgan fingerprint density at radius 2 is 1.61 bits per heavy atom. The molecule has 9 heteroatoms. The predicted octanol–water partition coefficient (Wildman–Crippen LogP) is 6.87. The molecular formula is C32H32N4O3S2. The van der Waals surface area contributed by atoms with Crippen LogP contribution in [0.5, 0.6) is 0 Å². The van der Waals surface area contributed by atoms with Gasteiger partial charge in [-0.2, -0.15) is 4.31 Å². The number of anilines is 1. The Kier molecular flexibility index (Phi) is 8.58. The Bertz CT molecular complexity index is 1740. The van der Waals surface area contributed by atoms with Crippen LogP contribution in [0.15, 0.2) is 102 Å². The van der Waals surface area contributed by atoms with Crippen molar-refractivity contribution in [3.05, 3.63) is 120 Å². The van der Waals surface area contributed by atoms with Crippen LogP contribution < -0.4 is 4.90 Å². The largest absolute Gasteiger partial charge is 0.279 e. The fourth-order valence-corrected chi connectivity index (χ4v) is 7.10. The lowest BCUT2D eigenvalue weighted by molar-refractivity contribution is 0.0985. The number of carbonyl (C=O) groups is 1. The molecule has 41 heavy (non-hydrogen) atoms. The summed E-state index contributed by atoms with van der Waals surface area (Å²) in [5, 5.41) is 0.582. The first-order valence-electron chi connectivity index (χ1n) is 13.5. The lowest BCUT2D eigenvalue weighted by Crippen LogP contribution is -2.31. The van der Waals surface area contributed by atoms with E-state index in [0.717, 1.165) is 26.9 Å². The number of fused-ring (bicyclic) bond motifs is 1. The summed E-state index contributed by atoms with van der Waals surface area (Å²) in [6, 6.07) is 25.5. The van der Waals surface area contributed by atoms with Gasteiger partial charge < -0.3 is 0 Å². The van der Waals surface area contributed by atoms with Gasteiger partial charge in [-0.1, -0.05) is 80.6 Å². The number of hydrogen-bond donors (Lipinski definition) is 0. The van der Waals surface area contributed by atoms with Crippen LogP contribution in [0.25, 0.3) is 10.2 Å². The van der Waals surface area contributed by atoms with Crippen LogP contribution in [-0.2, 0) is 23.1 Å². The highest BCUT2D eigenvalue weighted by molar-refractivity contribution is 7.89. The molecule has 7 nitrogen and oxygen atoms in total. The topological polar surface area (TPSA) is 83.5 Å². The van der Waals surface area contributed by atoms with Crippen molar-refractivity contribution < 1.29 is 13.2 Å². The number of sulfonamides is 1. The summed E-state index contributed by atoms with van der Waals surface area (Å²) in [7, 11) is -3.75. The van der Waals surface area contributed by atoms with Gasteiger partial charge in [0, 0.05) is 31.0 Å². The third kappa shape index (κ3) is 6.22. The van der Waals surface area contributed by atoms with Crippen molar-refractivity contribution in [2.24, 2.45) is 0 Å². The molecule has 5 rings (SSSR count). The Hall–Kier alpha value is -3.92. The van der Waals surface area contributed by atoms with Gasteiger partial charge in [-0.15, -0.1) is 0 Å². The highest BCUT2D eigenvalue weighted by Gasteiger charge is 2.26. The van der Waals surface area contributed by atoms with Crippen LogP contribution in [0.1, 0.15) is 53.7 Å². The molecule has 0 unspecified atom stereocenters. The van der Waals surface area contributed by atoms with Crippen molar-refractivity contribution in [2.45, 2.75) is 44.7 Å². The molecule has 0 aliphatic heterocycles. The molecule has 2 aromatic heterocycles. The minimum atomic E-state index is -3.75. The molecule has 0 atom stereocenters. The first kappa shape index (κ1) is 28.6. The maximum atomic E-state index is 13.9. The summed E-state index contributed by atoms with van der Waals surface area (Å²) in [4.78, 5) is 24.9. The number of rotatable bonds is 10. The molecule has 0 aliphatic carbocycles. The van der Waals surface area contributed by atoms with Crippen molar-refractivity contribution in [2.75, 3.05) is 11.4 Å². The number of nitrogens with zero attached hydrogens (tertiary/aromatic N) is 4. The number of carbonyl (C=O) groups excluding carboxylic acids is 1. The van der Waals surface area contributed by atoms with E-state index < -0.39 is 10.0 Å². The van der Waals surface area contributed by atoms with E-state index in [9.17, 15) is 13.2 Å². The van der Waals surface area contributed by atoms with E-state index in [4.69, 9.17) is 4.98 Å². The summed E-state index contributed by atoms with van der Waals surface area (Å²) < 4.78 is 29.3. The highest BCUT2D eigenvalue weighted by atomic mass is 32.2. The molecule has 0 radical (unpaired) electrons. The van der Waals surface area contributed by atoms with Crippen molar-refractivity contribution in [3.63, 3.8) is 0 Å². The second-order valence-corrected chi connectivity index (χ2v) is 13.0. The standard InChI is InChI=1S/C32H32N4O3S2/c1-4-35(21-24-10-6-5-7-11-24)41(38,39)27-17-15-26(16-18-27)31(37)36(22-25-12-9-19-33-20-25)32-34-30-28(23(2)3)13-8-14-29(30)40-32/h5-20,23H,4,21-22H2,1-3H3. The fraction of sp³-hybridized carbons (Fsp3) is 0.219. The fourth-order valence-electron chi connectivity index (χ4n) is 4.67. The predicted molar refractivity (Wildman–Crippen MR) is 165 cm³/mol. The zero-order chi connectivity index (χ0) is 29.0. The number of para-hydroxylation sites is 1. The van der Waals surface area contributed by atoms with Gasteiger partial charge >= 0.3 is 0 Å². The second kappa shape index (κ2) is 12.3. The van der Waals surface area contributed by atoms with Gasteiger partial charge in [0.1, 0.15) is 0 Å². The summed E-state index contributed by atoms with van der Waals surface area (Å²) in [5.41, 5.74) is 4.17. The van der Waals surface area contributed by atoms with E-state index in [0.29, 0.717) is 17.2 Å². The average molecular weight is 585 g/mol. The SMILES string of the molecule is CCN(Cc1ccccc1)S(=O)(=O)c1ccc(C(=O)N(Cc2cccnc2)c2nc3c(C(C)C)cccc3s2)cc1. The third-order valence-corrected chi connectivity index (χ3v) is 9.87. The van der Waals surface area contributed by atoms with Crippen molar-refractivity contribution in [1.29, 1.82) is 0 Å². The Morgan fingerprint density at radius 3 is 2.27 bits per heavy atom. The summed E-state index contributed by atoms with van der Waals surface area (Å²) >= 11 is 1.47. The second-order valence-electron chi connectivity index (χ2n) is 10.0. The molecule has 3 aromatic carbocycles. The lowest BCUT2D eigenvalue weighted by atomic mass is 10.0. The van der Waals surface area contributed by atoms with E-state index in [1.807, 2.05) is 61.5 Å². The molecule has 210 valence electrons. The molecule has 0 fully saturated rings. The molecule has 5 aromatic rings. The van der Waals surface area contributed by atoms with Gasteiger partial charge in [0.05, 0.1) is 21.7 Å². The van der Waals surface area contributed by atoms with Gasteiger partial charge in [-0.3, -0.25) is 14.7 Å². The molecule has 0 bridgehead atoms. The number of pyridine rings is 1. The Labute approximate surface area is 245 Å². The molecule has 0 saturated carbocycles. The number of amides is 1. The zero-order valence-electron chi connectivity index (χ0n) is 23.3. The Balaban J connectivity index is 1.46. The van der Waals surface area contributed by atoms with Crippen molar-refractivity contribution in [1.82, 2.24) is 14.3 Å². The molecule has 1 amide bonds. The number of hydrogen-bond acceptors (Lipinski definition) is 6. The van der Waals surface area contributed by atoms with Crippen LogP contribution >= 0.6 is 11.3 Å². The summed E-state index contributed by atoms with van der Waals surface area (Å²) in [6.07, 6.45) is 3.42. The maximum Gasteiger partial charge on any atom is 0.260 e. The maximum absolute atomic E-state index is 13.9. The molecule has 0 saturated heterocycles. The molecular weight excluding hydrogens is 553 g/mol. The Morgan fingerprint density at radius 1 is 0.878 bits per heavy atom. The summed E-state index contributed by atoms with van der Waals surface area (Å²) in [5.74, 6) is 0.0229. The zero-order valence-corrected chi connectivity index (χ0v) is 24.9. The minimum absolute atomic E-state index is 0.146. The molecule has 2 heterocycles. The van der Waals surface area contributed by atoms with E-state index in [-0.39, 0.29) is 29.8 Å². The van der Waals surface area contributed by atoms with E-state index >= 15 is 0 Å². The van der Waals surface area contributed by atoms with Gasteiger partial charge in [0.25, 0.3) is 5.91 Å².